The Hall–Kier alpha value is -4.87. The van der Waals surface area contributed by atoms with Crippen LogP contribution in [-0.4, -0.2) is 46.5 Å². The Morgan fingerprint density at radius 2 is 1.69 bits per heavy atom. The lowest BCUT2D eigenvalue weighted by molar-refractivity contribution is 0.202. The van der Waals surface area contributed by atoms with E-state index in [1.165, 1.54) is 87.5 Å². The summed E-state index contributed by atoms with van der Waals surface area (Å²) in [6, 6.07) is 11.4. The molecule has 10 atom stereocenters. The van der Waals surface area contributed by atoms with Gasteiger partial charge in [-0.1, -0.05) is 139 Å². The number of aliphatic imine (C=N–C) groups is 1. The number of rotatable bonds is 9. The molecule has 5 heteroatoms. The zero-order chi connectivity index (χ0) is 40.7. The average Bonchev–Trinajstić information content (AvgIpc) is 3.66. The van der Waals surface area contributed by atoms with Crippen LogP contribution in [0, 0.1) is 35.5 Å². The molecular weight excluding hydrogens is 743 g/mol. The number of likely N-dealkylation sites (tertiary alicyclic amines) is 1. The second-order valence-corrected chi connectivity index (χ2v) is 19.5. The summed E-state index contributed by atoms with van der Waals surface area (Å²) in [5.41, 5.74) is 18.7. The largest absolute Gasteiger partial charge is 0.383 e. The number of allylic oxidation sites excluding steroid dienone is 16. The van der Waals surface area contributed by atoms with E-state index in [-0.39, 0.29) is 12.1 Å². The summed E-state index contributed by atoms with van der Waals surface area (Å²) in [6.07, 6.45) is 58.8. The molecule has 314 valence electrons. The predicted octanol–water partition coefficient (Wildman–Crippen LogP) is 11.5. The van der Waals surface area contributed by atoms with Gasteiger partial charge < -0.3 is 15.5 Å². The normalized spacial score (nSPS) is 34.3. The van der Waals surface area contributed by atoms with Crippen LogP contribution >= 0.6 is 0 Å². The van der Waals surface area contributed by atoms with Gasteiger partial charge in [0.15, 0.2) is 0 Å². The highest BCUT2D eigenvalue weighted by atomic mass is 15.2. The predicted molar refractivity (Wildman–Crippen MR) is 252 cm³/mol. The molecule has 3 N–H and O–H groups in total. The SMILES string of the molecule is N/C(=N\C(NCC1=CC=CC(N2C3=C(CCCC3)C3C=CC(C4C=C5CC6CCC=CC6N(C6=CC7C=CCCC7CC6)C5=CC4)=CC32)C1)C1C=CC=CC1)c1ccccc1. The molecule has 1 saturated heterocycles. The number of nitrogens with zero attached hydrogens (tertiary/aromatic N) is 3. The molecule has 0 aromatic heterocycles. The number of benzene rings is 1. The second kappa shape index (κ2) is 17.1. The van der Waals surface area contributed by atoms with Gasteiger partial charge in [-0.05, 0) is 124 Å². The Morgan fingerprint density at radius 3 is 2.59 bits per heavy atom. The molecule has 1 aromatic rings. The summed E-state index contributed by atoms with van der Waals surface area (Å²) in [6.45, 7) is 0.799. The molecule has 61 heavy (non-hydrogen) atoms. The topological polar surface area (TPSA) is 56.9 Å². The van der Waals surface area contributed by atoms with Crippen LogP contribution in [-0.2, 0) is 0 Å². The summed E-state index contributed by atoms with van der Waals surface area (Å²) in [7, 11) is 0. The summed E-state index contributed by atoms with van der Waals surface area (Å²) in [4.78, 5) is 10.8. The first-order valence-electron chi connectivity index (χ1n) is 24.1. The molecule has 10 aliphatic rings. The summed E-state index contributed by atoms with van der Waals surface area (Å²) < 4.78 is 0. The van der Waals surface area contributed by atoms with Crippen molar-refractivity contribution in [3.05, 3.63) is 179 Å². The van der Waals surface area contributed by atoms with Crippen LogP contribution in [0.2, 0.25) is 0 Å². The highest BCUT2D eigenvalue weighted by Gasteiger charge is 2.44. The number of hydrogen-bond donors (Lipinski definition) is 2. The molecule has 0 spiro atoms. The number of piperidine rings is 1. The quantitative estimate of drug-likeness (QED) is 0.148. The first kappa shape index (κ1) is 39.0. The lowest BCUT2D eigenvalue weighted by Crippen LogP contribution is -2.45. The Kier molecular flexibility index (Phi) is 10.9. The zero-order valence-electron chi connectivity index (χ0n) is 36.0. The number of nitrogens with one attached hydrogen (secondary N) is 1. The zero-order valence-corrected chi connectivity index (χ0v) is 36.0. The smallest absolute Gasteiger partial charge is 0.127 e. The van der Waals surface area contributed by atoms with Crippen molar-refractivity contribution in [2.45, 2.75) is 114 Å². The van der Waals surface area contributed by atoms with Crippen LogP contribution in [0.25, 0.3) is 0 Å². The fourth-order valence-electron chi connectivity index (χ4n) is 12.8. The molecule has 1 aromatic carbocycles. The van der Waals surface area contributed by atoms with Crippen LogP contribution in [0.4, 0.5) is 0 Å². The fourth-order valence-corrected chi connectivity index (χ4v) is 12.8. The number of fused-ring (bicyclic) bond motifs is 5. The van der Waals surface area contributed by atoms with E-state index in [0.717, 1.165) is 37.3 Å². The van der Waals surface area contributed by atoms with Crippen LogP contribution in [0.3, 0.4) is 0 Å². The van der Waals surface area contributed by atoms with Crippen molar-refractivity contribution in [2.75, 3.05) is 6.54 Å². The van der Waals surface area contributed by atoms with E-state index in [1.807, 2.05) is 30.3 Å². The third-order valence-corrected chi connectivity index (χ3v) is 15.9. The van der Waals surface area contributed by atoms with Gasteiger partial charge in [-0.25, -0.2) is 4.99 Å². The van der Waals surface area contributed by atoms with Crippen LogP contribution in [0.1, 0.15) is 95.5 Å². The van der Waals surface area contributed by atoms with Crippen LogP contribution in [0.5, 0.6) is 0 Å². The van der Waals surface area contributed by atoms with Gasteiger partial charge >= 0.3 is 0 Å². The Labute approximate surface area is 365 Å². The second-order valence-electron chi connectivity index (χ2n) is 19.5. The van der Waals surface area contributed by atoms with E-state index in [4.69, 9.17) is 10.7 Å². The Bertz CT molecular complexity index is 2270. The van der Waals surface area contributed by atoms with Crippen molar-refractivity contribution in [3.63, 3.8) is 0 Å². The lowest BCUT2D eigenvalue weighted by Gasteiger charge is -2.49. The van der Waals surface area contributed by atoms with Gasteiger partial charge in [0.2, 0.25) is 0 Å². The van der Waals surface area contributed by atoms with Gasteiger partial charge in [0, 0.05) is 47.0 Å². The van der Waals surface area contributed by atoms with E-state index >= 15 is 0 Å². The minimum absolute atomic E-state index is 0.0962. The molecule has 1 fully saturated rings. The fraction of sp³-hybridized carbons (Fsp3) is 0.446. The minimum Gasteiger partial charge on any atom is -0.383 e. The third kappa shape index (κ3) is 7.70. The maximum Gasteiger partial charge on any atom is 0.127 e. The molecule has 2 aliphatic heterocycles. The standard InChI is InChI=1S/C56H65N5/c57-55(40-16-3-1-4-17-40)59-56(41-18-5-2-6-19-41)58-37-38-14-13-22-47(32-38)61-53-25-12-10-23-49(53)50-30-27-44(36-54(50)61)43-28-31-52-46(33-43)34-45-21-9-11-24-51(45)60(52)48-29-26-39-15-7-8-20-42(39)35-48/h1-6,8,11,13-14,16-18,20,22,24,27,30-31,33,35-36,39,41-43,45,47,50-51,54,56,58H,7,9-10,12,15,19,21,23,25-26,28-29,32,34,37H2,(H2,57,59). The van der Waals surface area contributed by atoms with Crippen LogP contribution < -0.4 is 11.1 Å². The average molecular weight is 808 g/mol. The molecule has 10 unspecified atom stereocenters. The molecule has 8 aliphatic carbocycles. The summed E-state index contributed by atoms with van der Waals surface area (Å²) >= 11 is 0. The Morgan fingerprint density at radius 1 is 0.803 bits per heavy atom. The van der Waals surface area contributed by atoms with E-state index in [1.54, 1.807) is 22.5 Å². The number of nitrogens with two attached hydrogens (primary N) is 1. The van der Waals surface area contributed by atoms with E-state index in [0.29, 0.717) is 47.6 Å². The first-order valence-corrected chi connectivity index (χ1v) is 24.1. The molecule has 0 bridgehead atoms. The van der Waals surface area contributed by atoms with Crippen molar-refractivity contribution in [3.8, 4) is 0 Å². The lowest BCUT2D eigenvalue weighted by atomic mass is 9.72. The van der Waals surface area contributed by atoms with Gasteiger partial charge in [0.25, 0.3) is 0 Å². The maximum atomic E-state index is 6.62. The molecule has 2 heterocycles. The number of amidine groups is 1. The maximum absolute atomic E-state index is 6.62. The van der Waals surface area contributed by atoms with E-state index in [9.17, 15) is 0 Å². The molecule has 11 rings (SSSR count). The van der Waals surface area contributed by atoms with Gasteiger partial charge in [0.1, 0.15) is 12.0 Å². The van der Waals surface area contributed by atoms with Gasteiger partial charge in [0.05, 0.1) is 18.1 Å². The van der Waals surface area contributed by atoms with Crippen LogP contribution in [0.15, 0.2) is 178 Å². The molecular formula is C56H65N5. The Balaban J connectivity index is 0.830. The van der Waals surface area contributed by atoms with Crippen molar-refractivity contribution in [1.29, 1.82) is 0 Å². The third-order valence-electron chi connectivity index (χ3n) is 15.9. The molecule has 0 radical (unpaired) electrons. The first-order chi connectivity index (χ1) is 30.1. The van der Waals surface area contributed by atoms with E-state index < -0.39 is 0 Å². The van der Waals surface area contributed by atoms with Crippen molar-refractivity contribution in [2.24, 2.45) is 46.2 Å². The molecule has 5 nitrogen and oxygen atoms in total. The summed E-state index contributed by atoms with van der Waals surface area (Å²) in [5, 5.41) is 3.88. The minimum atomic E-state index is -0.0962. The summed E-state index contributed by atoms with van der Waals surface area (Å²) in [5.74, 6) is 3.93. The highest BCUT2D eigenvalue weighted by molar-refractivity contribution is 5.97. The van der Waals surface area contributed by atoms with Gasteiger partial charge in [-0.15, -0.1) is 0 Å². The molecule has 0 amide bonds. The van der Waals surface area contributed by atoms with Gasteiger partial charge in [-0.2, -0.15) is 0 Å². The molecule has 0 saturated carbocycles. The van der Waals surface area contributed by atoms with Crippen molar-refractivity contribution in [1.82, 2.24) is 15.1 Å². The van der Waals surface area contributed by atoms with Crippen molar-refractivity contribution < 1.29 is 0 Å². The number of hydrogen-bond acceptors (Lipinski definition) is 4. The monoisotopic (exact) mass is 808 g/mol. The van der Waals surface area contributed by atoms with E-state index in [2.05, 4.69) is 118 Å². The van der Waals surface area contributed by atoms with Gasteiger partial charge in [-0.3, -0.25) is 5.32 Å². The highest BCUT2D eigenvalue weighted by Crippen LogP contribution is 2.51. The van der Waals surface area contributed by atoms with Crippen molar-refractivity contribution >= 4 is 5.84 Å².